The van der Waals surface area contributed by atoms with Crippen LogP contribution in [0.3, 0.4) is 0 Å². The Hall–Kier alpha value is -3.19. The lowest BCUT2D eigenvalue weighted by atomic mass is 9.84. The maximum atomic E-state index is 13.3. The quantitative estimate of drug-likeness (QED) is 0.366. The molecule has 37 heavy (non-hydrogen) atoms. The summed E-state index contributed by atoms with van der Waals surface area (Å²) in [7, 11) is 3.26. The number of hydrogen-bond acceptors (Lipinski definition) is 7. The van der Waals surface area contributed by atoms with Gasteiger partial charge < -0.3 is 19.1 Å². The Morgan fingerprint density at radius 1 is 1.05 bits per heavy atom. The van der Waals surface area contributed by atoms with Crippen molar-refractivity contribution >= 4 is 28.6 Å². The van der Waals surface area contributed by atoms with Crippen LogP contribution in [0.25, 0.3) is 5.70 Å². The first-order valence-electron chi connectivity index (χ1n) is 13.0. The molecular formula is C30H34N2O4S. The number of carbonyl (C=O) groups excluding carboxylic acids is 1. The van der Waals surface area contributed by atoms with E-state index in [-0.39, 0.29) is 5.97 Å². The summed E-state index contributed by atoms with van der Waals surface area (Å²) in [5, 5.41) is 2.96. The number of aliphatic imine (C=N–C) groups is 1. The topological polar surface area (TPSA) is 60.4 Å². The van der Waals surface area contributed by atoms with Crippen molar-refractivity contribution in [3.8, 4) is 11.5 Å². The molecule has 1 saturated carbocycles. The van der Waals surface area contributed by atoms with Crippen LogP contribution in [0.4, 0.5) is 0 Å². The second kappa shape index (κ2) is 11.1. The number of benzene rings is 2. The zero-order valence-corrected chi connectivity index (χ0v) is 22.8. The molecule has 2 aromatic carbocycles. The van der Waals surface area contributed by atoms with Gasteiger partial charge in [0.15, 0.2) is 5.17 Å². The number of rotatable bonds is 7. The molecule has 0 unspecified atom stereocenters. The SMILES string of the molecule is CCOC(=O)C1=C(C)N=C2SC=C(c3ccc(C4CCCCC4)cc3)N2[C@H]1c1ccc(OC)cc1OC. The molecule has 6 nitrogen and oxygen atoms in total. The number of allylic oxidation sites excluding steroid dienone is 1. The van der Waals surface area contributed by atoms with E-state index in [2.05, 4.69) is 34.6 Å². The smallest absolute Gasteiger partial charge is 0.338 e. The maximum Gasteiger partial charge on any atom is 0.338 e. The van der Waals surface area contributed by atoms with E-state index in [0.717, 1.165) is 22.0 Å². The fraction of sp³-hybridized carbons (Fsp3) is 0.400. The highest BCUT2D eigenvalue weighted by Gasteiger charge is 2.42. The van der Waals surface area contributed by atoms with Crippen LogP contribution >= 0.6 is 11.8 Å². The van der Waals surface area contributed by atoms with Crippen molar-refractivity contribution in [2.24, 2.45) is 4.99 Å². The van der Waals surface area contributed by atoms with Gasteiger partial charge in [0.25, 0.3) is 0 Å². The van der Waals surface area contributed by atoms with Crippen molar-refractivity contribution in [1.82, 2.24) is 4.90 Å². The van der Waals surface area contributed by atoms with Crippen LogP contribution in [0, 0.1) is 0 Å². The van der Waals surface area contributed by atoms with Crippen LogP contribution in [0.1, 0.15) is 74.6 Å². The zero-order chi connectivity index (χ0) is 25.9. The average molecular weight is 519 g/mol. The molecule has 0 saturated heterocycles. The van der Waals surface area contributed by atoms with Crippen molar-refractivity contribution in [1.29, 1.82) is 0 Å². The lowest BCUT2D eigenvalue weighted by molar-refractivity contribution is -0.139. The number of fused-ring (bicyclic) bond motifs is 1. The average Bonchev–Trinajstić information content (AvgIpc) is 3.36. The molecular weight excluding hydrogens is 484 g/mol. The van der Waals surface area contributed by atoms with E-state index >= 15 is 0 Å². The summed E-state index contributed by atoms with van der Waals surface area (Å²) in [6, 6.07) is 14.2. The van der Waals surface area contributed by atoms with Gasteiger partial charge >= 0.3 is 5.97 Å². The Labute approximate surface area is 223 Å². The summed E-state index contributed by atoms with van der Waals surface area (Å²) in [5.41, 5.74) is 5.54. The van der Waals surface area contributed by atoms with E-state index in [1.165, 1.54) is 37.7 Å². The van der Waals surface area contributed by atoms with E-state index in [0.29, 0.717) is 35.3 Å². The Morgan fingerprint density at radius 3 is 2.49 bits per heavy atom. The normalized spacial score (nSPS) is 19.8. The predicted molar refractivity (Wildman–Crippen MR) is 149 cm³/mol. The third-order valence-corrected chi connectivity index (χ3v) is 8.28. The van der Waals surface area contributed by atoms with Gasteiger partial charge in [-0.15, -0.1) is 0 Å². The van der Waals surface area contributed by atoms with Crippen LogP contribution in [0.15, 0.2) is 64.1 Å². The summed E-state index contributed by atoms with van der Waals surface area (Å²) in [6.45, 7) is 3.98. The van der Waals surface area contributed by atoms with Gasteiger partial charge in [-0.1, -0.05) is 55.3 Å². The van der Waals surface area contributed by atoms with Gasteiger partial charge in [0, 0.05) is 17.0 Å². The van der Waals surface area contributed by atoms with E-state index in [9.17, 15) is 4.79 Å². The molecule has 0 aromatic heterocycles. The second-order valence-corrected chi connectivity index (χ2v) is 10.4. The van der Waals surface area contributed by atoms with Gasteiger partial charge in [0.1, 0.15) is 11.5 Å². The minimum atomic E-state index is -0.452. The molecule has 2 heterocycles. The summed E-state index contributed by atoms with van der Waals surface area (Å²) in [6.07, 6.45) is 6.52. The number of carbonyl (C=O) groups is 1. The number of thioether (sulfide) groups is 1. The first kappa shape index (κ1) is 25.5. The fourth-order valence-corrected chi connectivity index (χ4v) is 6.54. The molecule has 3 aliphatic rings. The number of esters is 1. The van der Waals surface area contributed by atoms with E-state index in [1.807, 2.05) is 32.0 Å². The molecule has 1 fully saturated rings. The number of amidine groups is 1. The van der Waals surface area contributed by atoms with Crippen LogP contribution in [-0.4, -0.2) is 36.9 Å². The first-order chi connectivity index (χ1) is 18.0. The molecule has 0 amide bonds. The number of methoxy groups -OCH3 is 2. The monoisotopic (exact) mass is 518 g/mol. The zero-order valence-electron chi connectivity index (χ0n) is 22.0. The van der Waals surface area contributed by atoms with Crippen LogP contribution in [0.5, 0.6) is 11.5 Å². The van der Waals surface area contributed by atoms with Crippen molar-refractivity contribution in [3.05, 3.63) is 75.8 Å². The van der Waals surface area contributed by atoms with Gasteiger partial charge in [-0.25, -0.2) is 9.79 Å². The standard InChI is InChI=1S/C30H34N2O4S/c1-5-36-29(33)27-19(2)31-30-32(28(27)24-16-15-23(34-3)17-26(24)35-4)25(18-37-30)22-13-11-21(12-14-22)20-9-7-6-8-10-20/h11-18,20,28H,5-10H2,1-4H3/t28-/m0/s1. The van der Waals surface area contributed by atoms with Gasteiger partial charge in [-0.05, 0) is 55.9 Å². The van der Waals surface area contributed by atoms with Crippen molar-refractivity contribution in [3.63, 3.8) is 0 Å². The van der Waals surface area contributed by atoms with Crippen LogP contribution < -0.4 is 9.47 Å². The van der Waals surface area contributed by atoms with Gasteiger partial charge in [-0.2, -0.15) is 0 Å². The van der Waals surface area contributed by atoms with E-state index in [1.54, 1.807) is 26.0 Å². The largest absolute Gasteiger partial charge is 0.497 e. The van der Waals surface area contributed by atoms with E-state index < -0.39 is 6.04 Å². The Kier molecular flexibility index (Phi) is 7.60. The highest BCUT2D eigenvalue weighted by atomic mass is 32.2. The van der Waals surface area contributed by atoms with Gasteiger partial charge in [0.05, 0.1) is 43.8 Å². The highest BCUT2D eigenvalue weighted by molar-refractivity contribution is 8.16. The lowest BCUT2D eigenvalue weighted by Gasteiger charge is -2.37. The summed E-state index contributed by atoms with van der Waals surface area (Å²) < 4.78 is 16.7. The van der Waals surface area contributed by atoms with Crippen LogP contribution in [-0.2, 0) is 9.53 Å². The number of hydrogen-bond donors (Lipinski definition) is 0. The first-order valence-corrected chi connectivity index (χ1v) is 13.9. The predicted octanol–water partition coefficient (Wildman–Crippen LogP) is 7.05. The molecule has 1 aliphatic carbocycles. The summed E-state index contributed by atoms with van der Waals surface area (Å²) >= 11 is 1.57. The minimum absolute atomic E-state index is 0.290. The Balaban J connectivity index is 1.57. The fourth-order valence-electron chi connectivity index (χ4n) is 5.56. The molecule has 2 aliphatic heterocycles. The highest BCUT2D eigenvalue weighted by Crippen LogP contribution is 2.49. The summed E-state index contributed by atoms with van der Waals surface area (Å²) in [4.78, 5) is 20.3. The molecule has 0 spiro atoms. The maximum absolute atomic E-state index is 13.3. The lowest BCUT2D eigenvalue weighted by Crippen LogP contribution is -2.36. The molecule has 7 heteroatoms. The van der Waals surface area contributed by atoms with Crippen LogP contribution in [0.2, 0.25) is 0 Å². The molecule has 0 N–H and O–H groups in total. The number of ether oxygens (including phenoxy) is 3. The van der Waals surface area contributed by atoms with Crippen molar-refractivity contribution in [2.75, 3.05) is 20.8 Å². The number of nitrogens with zero attached hydrogens (tertiary/aromatic N) is 2. The third kappa shape index (κ3) is 4.89. The molecule has 5 rings (SSSR count). The summed E-state index contributed by atoms with van der Waals surface area (Å²) in [5.74, 6) is 1.62. The minimum Gasteiger partial charge on any atom is -0.497 e. The molecule has 0 radical (unpaired) electrons. The van der Waals surface area contributed by atoms with Gasteiger partial charge in [0.2, 0.25) is 0 Å². The molecule has 0 bridgehead atoms. The molecule has 194 valence electrons. The third-order valence-electron chi connectivity index (χ3n) is 7.44. The Bertz CT molecular complexity index is 1260. The molecule has 1 atom stereocenters. The van der Waals surface area contributed by atoms with Crippen molar-refractivity contribution < 1.29 is 19.0 Å². The Morgan fingerprint density at radius 2 is 1.81 bits per heavy atom. The van der Waals surface area contributed by atoms with Crippen molar-refractivity contribution in [2.45, 2.75) is 57.9 Å². The molecule has 2 aromatic rings. The second-order valence-electron chi connectivity index (χ2n) is 9.57. The van der Waals surface area contributed by atoms with Gasteiger partial charge in [-0.3, -0.25) is 0 Å². The van der Waals surface area contributed by atoms with E-state index in [4.69, 9.17) is 19.2 Å².